The summed E-state index contributed by atoms with van der Waals surface area (Å²) in [5.41, 5.74) is 0.943. The summed E-state index contributed by atoms with van der Waals surface area (Å²) in [6, 6.07) is 0.483. The molecule has 25 heavy (non-hydrogen) atoms. The Morgan fingerprint density at radius 3 is 2.68 bits per heavy atom. The molecular formula is C22H37NOS. The summed E-state index contributed by atoms with van der Waals surface area (Å²) in [5.74, 6) is 5.07. The minimum absolute atomic E-state index is 0.358. The molecule has 2 nitrogen and oxygen atoms in total. The van der Waals surface area contributed by atoms with Gasteiger partial charge in [0, 0.05) is 24.8 Å². The third kappa shape index (κ3) is 2.62. The van der Waals surface area contributed by atoms with E-state index in [9.17, 15) is 4.79 Å². The Kier molecular flexibility index (Phi) is 4.49. The zero-order valence-electron chi connectivity index (χ0n) is 16.9. The van der Waals surface area contributed by atoms with Gasteiger partial charge < -0.3 is 4.90 Å². The first-order chi connectivity index (χ1) is 11.8. The Labute approximate surface area is 158 Å². The second-order valence-electron chi connectivity index (χ2n) is 10.2. The SMILES string of the molecule is CCSC1C[C@H]2[C@@H]3C(C)CC4N(C)C(=O)CC[C@]4(C)[C@@H]3CC[C@]2(C)C1. The van der Waals surface area contributed by atoms with Crippen molar-refractivity contribution < 1.29 is 4.79 Å². The van der Waals surface area contributed by atoms with E-state index in [0.29, 0.717) is 22.8 Å². The van der Waals surface area contributed by atoms with Gasteiger partial charge in [0.25, 0.3) is 0 Å². The zero-order valence-corrected chi connectivity index (χ0v) is 17.7. The molecule has 3 heteroatoms. The van der Waals surface area contributed by atoms with Crippen LogP contribution in [-0.4, -0.2) is 34.9 Å². The molecule has 1 aliphatic heterocycles. The smallest absolute Gasteiger partial charge is 0.222 e. The lowest BCUT2D eigenvalue weighted by atomic mass is 9.45. The van der Waals surface area contributed by atoms with Crippen LogP contribution < -0.4 is 0 Å². The molecule has 1 saturated heterocycles. The van der Waals surface area contributed by atoms with Crippen molar-refractivity contribution in [2.75, 3.05) is 12.8 Å². The molecule has 4 rings (SSSR count). The summed E-state index contributed by atoms with van der Waals surface area (Å²) < 4.78 is 0. The van der Waals surface area contributed by atoms with Crippen molar-refractivity contribution in [1.29, 1.82) is 0 Å². The number of hydrogen-bond donors (Lipinski definition) is 0. The van der Waals surface area contributed by atoms with Gasteiger partial charge in [-0.25, -0.2) is 0 Å². The summed E-state index contributed by atoms with van der Waals surface area (Å²) in [6.45, 7) is 9.99. The van der Waals surface area contributed by atoms with Gasteiger partial charge in [0.05, 0.1) is 0 Å². The van der Waals surface area contributed by atoms with Gasteiger partial charge in [0.15, 0.2) is 0 Å². The Morgan fingerprint density at radius 1 is 1.20 bits per heavy atom. The summed E-state index contributed by atoms with van der Waals surface area (Å²) in [4.78, 5) is 14.5. The Hall–Kier alpha value is -0.180. The summed E-state index contributed by atoms with van der Waals surface area (Å²) >= 11 is 2.21. The van der Waals surface area contributed by atoms with Crippen molar-refractivity contribution in [3.8, 4) is 0 Å². The molecule has 3 unspecified atom stereocenters. The number of hydrogen-bond acceptors (Lipinski definition) is 2. The van der Waals surface area contributed by atoms with Gasteiger partial charge in [0.1, 0.15) is 0 Å². The van der Waals surface area contributed by atoms with E-state index < -0.39 is 0 Å². The standard InChI is InChI=1S/C22H37NOS/c1-6-25-15-12-17-20-14(2)11-18-22(4,10-8-19(24)23(18)5)16(20)7-9-21(17,3)13-15/h14-18,20H,6-13H2,1-5H3/t14?,15?,16-,17+,18?,20-,21-,22-/m1/s1. The molecule has 4 fully saturated rings. The maximum Gasteiger partial charge on any atom is 0.222 e. The van der Waals surface area contributed by atoms with E-state index in [2.05, 4.69) is 51.4 Å². The van der Waals surface area contributed by atoms with Crippen LogP contribution >= 0.6 is 11.8 Å². The highest BCUT2D eigenvalue weighted by Crippen LogP contribution is 2.66. The number of piperidine rings is 1. The number of thioether (sulfide) groups is 1. The van der Waals surface area contributed by atoms with E-state index in [1.165, 1.54) is 37.9 Å². The maximum atomic E-state index is 12.3. The highest BCUT2D eigenvalue weighted by Gasteiger charge is 2.61. The third-order valence-electron chi connectivity index (χ3n) is 9.06. The van der Waals surface area contributed by atoms with Gasteiger partial charge in [-0.1, -0.05) is 27.7 Å². The van der Waals surface area contributed by atoms with Crippen LogP contribution in [0, 0.1) is 34.5 Å². The van der Waals surface area contributed by atoms with Crippen LogP contribution in [0.4, 0.5) is 0 Å². The normalized spacial score (nSPS) is 52.5. The maximum absolute atomic E-state index is 12.3. The molecule has 0 radical (unpaired) electrons. The average Bonchev–Trinajstić information content (AvgIpc) is 2.90. The predicted molar refractivity (Wildman–Crippen MR) is 107 cm³/mol. The third-order valence-corrected chi connectivity index (χ3v) is 10.2. The first kappa shape index (κ1) is 18.2. The fraction of sp³-hybridized carbons (Fsp3) is 0.955. The van der Waals surface area contributed by atoms with Crippen LogP contribution in [0.5, 0.6) is 0 Å². The van der Waals surface area contributed by atoms with Gasteiger partial charge in [-0.15, -0.1) is 0 Å². The number of fused-ring (bicyclic) bond motifs is 5. The quantitative estimate of drug-likeness (QED) is 0.670. The van der Waals surface area contributed by atoms with Crippen molar-refractivity contribution in [3.63, 3.8) is 0 Å². The molecule has 0 spiro atoms. The van der Waals surface area contributed by atoms with E-state index >= 15 is 0 Å². The molecule has 3 aliphatic carbocycles. The first-order valence-electron chi connectivity index (χ1n) is 10.7. The van der Waals surface area contributed by atoms with Crippen LogP contribution in [-0.2, 0) is 4.79 Å². The number of amides is 1. The lowest BCUT2D eigenvalue weighted by Gasteiger charge is -2.63. The molecule has 0 aromatic rings. The lowest BCUT2D eigenvalue weighted by Crippen LogP contribution is -2.62. The summed E-state index contributed by atoms with van der Waals surface area (Å²) in [7, 11) is 2.08. The van der Waals surface area contributed by atoms with Crippen molar-refractivity contribution in [2.45, 2.75) is 83.9 Å². The molecule has 1 amide bonds. The molecule has 1 heterocycles. The van der Waals surface area contributed by atoms with Gasteiger partial charge in [-0.05, 0) is 78.8 Å². The van der Waals surface area contributed by atoms with Crippen molar-refractivity contribution in [2.24, 2.45) is 34.5 Å². The van der Waals surface area contributed by atoms with Gasteiger partial charge in [0.2, 0.25) is 5.91 Å². The molecule has 0 bridgehead atoms. The summed E-state index contributed by atoms with van der Waals surface area (Å²) in [5, 5.41) is 0.895. The van der Waals surface area contributed by atoms with Crippen LogP contribution in [0.25, 0.3) is 0 Å². The van der Waals surface area contributed by atoms with E-state index in [0.717, 1.165) is 41.8 Å². The molecule has 0 N–H and O–H groups in total. The summed E-state index contributed by atoms with van der Waals surface area (Å²) in [6.07, 6.45) is 8.87. The average molecular weight is 364 g/mol. The number of nitrogens with zero attached hydrogens (tertiary/aromatic N) is 1. The highest BCUT2D eigenvalue weighted by atomic mass is 32.2. The van der Waals surface area contributed by atoms with Gasteiger partial charge in [-0.2, -0.15) is 11.8 Å². The van der Waals surface area contributed by atoms with Crippen LogP contribution in [0.15, 0.2) is 0 Å². The van der Waals surface area contributed by atoms with Crippen molar-refractivity contribution in [1.82, 2.24) is 4.90 Å². The number of rotatable bonds is 2. The van der Waals surface area contributed by atoms with E-state index in [1.807, 2.05) is 0 Å². The zero-order chi connectivity index (χ0) is 18.0. The lowest BCUT2D eigenvalue weighted by molar-refractivity contribution is -0.164. The monoisotopic (exact) mass is 363 g/mol. The Balaban J connectivity index is 1.64. The van der Waals surface area contributed by atoms with Crippen LogP contribution in [0.2, 0.25) is 0 Å². The number of carbonyl (C=O) groups is 1. The minimum atomic E-state index is 0.358. The van der Waals surface area contributed by atoms with E-state index in [4.69, 9.17) is 0 Å². The number of likely N-dealkylation sites (tertiary alicyclic amines) is 1. The molecule has 8 atom stereocenters. The Morgan fingerprint density at radius 2 is 1.96 bits per heavy atom. The second kappa shape index (κ2) is 6.17. The highest BCUT2D eigenvalue weighted by molar-refractivity contribution is 7.99. The molecule has 4 aliphatic rings. The van der Waals surface area contributed by atoms with Gasteiger partial charge in [-0.3, -0.25) is 4.79 Å². The van der Waals surface area contributed by atoms with Gasteiger partial charge >= 0.3 is 0 Å². The Bertz CT molecular complexity index is 550. The fourth-order valence-corrected chi connectivity index (χ4v) is 9.13. The molecule has 0 aromatic heterocycles. The fourth-order valence-electron chi connectivity index (χ4n) is 7.82. The van der Waals surface area contributed by atoms with E-state index in [-0.39, 0.29) is 0 Å². The molecule has 0 aromatic carbocycles. The van der Waals surface area contributed by atoms with Crippen molar-refractivity contribution >= 4 is 17.7 Å². The number of carbonyl (C=O) groups excluding carboxylic acids is 1. The minimum Gasteiger partial charge on any atom is -0.342 e. The van der Waals surface area contributed by atoms with Crippen molar-refractivity contribution in [3.05, 3.63) is 0 Å². The molecular weight excluding hydrogens is 326 g/mol. The van der Waals surface area contributed by atoms with Crippen LogP contribution in [0.1, 0.15) is 72.6 Å². The topological polar surface area (TPSA) is 20.3 Å². The molecule has 3 saturated carbocycles. The van der Waals surface area contributed by atoms with E-state index in [1.54, 1.807) is 0 Å². The predicted octanol–water partition coefficient (Wildman–Crippen LogP) is 5.22. The first-order valence-corrected chi connectivity index (χ1v) is 11.7. The largest absolute Gasteiger partial charge is 0.342 e. The second-order valence-corrected chi connectivity index (χ2v) is 11.8. The van der Waals surface area contributed by atoms with Crippen LogP contribution in [0.3, 0.4) is 0 Å². The molecule has 142 valence electrons.